The molecule has 1 atom stereocenters. The van der Waals surface area contributed by atoms with Gasteiger partial charge >= 0.3 is 12.4 Å². The van der Waals surface area contributed by atoms with E-state index in [0.717, 1.165) is 12.8 Å². The molecule has 1 N–H and O–H groups in total. The van der Waals surface area contributed by atoms with Crippen molar-refractivity contribution in [2.75, 3.05) is 11.9 Å². The van der Waals surface area contributed by atoms with Gasteiger partial charge in [-0.3, -0.25) is 9.59 Å². The highest BCUT2D eigenvalue weighted by molar-refractivity contribution is 5.97. The average molecular weight is 380 g/mol. The van der Waals surface area contributed by atoms with E-state index in [1.807, 2.05) is 0 Å². The molecule has 2 amide bonds. The fraction of sp³-hybridized carbons (Fsp3) is 0.500. The Morgan fingerprint density at radius 2 is 1.54 bits per heavy atom. The van der Waals surface area contributed by atoms with E-state index < -0.39 is 41.0 Å². The van der Waals surface area contributed by atoms with Gasteiger partial charge in [-0.1, -0.05) is 0 Å². The van der Waals surface area contributed by atoms with E-state index in [4.69, 9.17) is 0 Å². The molecule has 2 fully saturated rings. The summed E-state index contributed by atoms with van der Waals surface area (Å²) in [7, 11) is 0. The highest BCUT2D eigenvalue weighted by Gasteiger charge is 2.42. The van der Waals surface area contributed by atoms with Crippen LogP contribution in [0.1, 0.15) is 30.4 Å². The minimum atomic E-state index is -4.99. The van der Waals surface area contributed by atoms with E-state index in [-0.39, 0.29) is 31.0 Å². The van der Waals surface area contributed by atoms with Crippen molar-refractivity contribution in [3.8, 4) is 0 Å². The van der Waals surface area contributed by atoms with Crippen molar-refractivity contribution in [1.82, 2.24) is 4.90 Å². The van der Waals surface area contributed by atoms with Gasteiger partial charge in [-0.15, -0.1) is 0 Å². The van der Waals surface area contributed by atoms with Gasteiger partial charge in [-0.05, 0) is 31.0 Å². The van der Waals surface area contributed by atoms with Crippen molar-refractivity contribution in [3.63, 3.8) is 0 Å². The minimum Gasteiger partial charge on any atom is -0.339 e. The molecule has 142 valence electrons. The van der Waals surface area contributed by atoms with Crippen molar-refractivity contribution in [1.29, 1.82) is 0 Å². The first-order chi connectivity index (χ1) is 11.9. The lowest BCUT2D eigenvalue weighted by molar-refractivity contribution is -0.143. The maximum Gasteiger partial charge on any atom is 0.416 e. The molecule has 0 unspecified atom stereocenters. The Bertz CT molecular complexity index is 707. The van der Waals surface area contributed by atoms with Crippen LogP contribution >= 0.6 is 0 Å². The van der Waals surface area contributed by atoms with E-state index in [1.54, 1.807) is 0 Å². The van der Waals surface area contributed by atoms with Crippen molar-refractivity contribution in [2.45, 2.75) is 37.7 Å². The first-order valence-corrected chi connectivity index (χ1v) is 7.85. The van der Waals surface area contributed by atoms with Crippen LogP contribution in [0.25, 0.3) is 0 Å². The number of likely N-dealkylation sites (tertiary alicyclic amines) is 1. The molecule has 0 aromatic heterocycles. The Morgan fingerprint density at radius 1 is 1.00 bits per heavy atom. The molecule has 1 saturated carbocycles. The fourth-order valence-electron chi connectivity index (χ4n) is 2.92. The Hall–Kier alpha value is -2.26. The van der Waals surface area contributed by atoms with Crippen molar-refractivity contribution in [3.05, 3.63) is 29.3 Å². The third-order valence-electron chi connectivity index (χ3n) is 4.37. The van der Waals surface area contributed by atoms with Crippen LogP contribution in [0, 0.1) is 5.92 Å². The molecule has 0 bridgehead atoms. The van der Waals surface area contributed by atoms with Gasteiger partial charge in [0.05, 0.1) is 17.0 Å². The van der Waals surface area contributed by atoms with Crippen molar-refractivity contribution >= 4 is 17.5 Å². The summed E-state index contributed by atoms with van der Waals surface area (Å²) in [6.45, 7) is 0.125. The molecule has 1 aromatic carbocycles. The Kier molecular flexibility index (Phi) is 4.40. The summed E-state index contributed by atoms with van der Waals surface area (Å²) in [4.78, 5) is 25.6. The lowest BCUT2D eigenvalue weighted by Gasteiger charge is -2.17. The molecule has 1 heterocycles. The Morgan fingerprint density at radius 3 is 2.00 bits per heavy atom. The first-order valence-electron chi connectivity index (χ1n) is 7.85. The summed E-state index contributed by atoms with van der Waals surface area (Å²) >= 11 is 0. The average Bonchev–Trinajstić information content (AvgIpc) is 3.27. The number of amides is 2. The SMILES string of the molecule is O=C(Nc1cc(C(F)(F)F)cc(C(F)(F)F)c1)[C@@H]1CC(=O)N(C2CC2)C1. The molecule has 0 radical (unpaired) electrons. The predicted octanol–water partition coefficient (Wildman–Crippen LogP) is 3.67. The number of halogens is 6. The number of benzene rings is 1. The number of hydrogen-bond donors (Lipinski definition) is 1. The topological polar surface area (TPSA) is 49.4 Å². The molecule has 3 rings (SSSR count). The van der Waals surface area contributed by atoms with Crippen LogP contribution in [0.2, 0.25) is 0 Å². The largest absolute Gasteiger partial charge is 0.416 e. The fourth-order valence-corrected chi connectivity index (χ4v) is 2.92. The third kappa shape index (κ3) is 3.94. The van der Waals surface area contributed by atoms with E-state index in [0.29, 0.717) is 12.1 Å². The number of carbonyl (C=O) groups is 2. The van der Waals surface area contributed by atoms with Crippen LogP contribution < -0.4 is 5.32 Å². The van der Waals surface area contributed by atoms with E-state index in [9.17, 15) is 35.9 Å². The summed E-state index contributed by atoms with van der Waals surface area (Å²) in [6, 6.07) is 0.972. The first kappa shape index (κ1) is 18.5. The second-order valence-electron chi connectivity index (χ2n) is 6.46. The van der Waals surface area contributed by atoms with Crippen LogP contribution in [0.4, 0.5) is 32.0 Å². The molecule has 2 aliphatic rings. The zero-order valence-corrected chi connectivity index (χ0v) is 13.2. The van der Waals surface area contributed by atoms with E-state index in [1.165, 1.54) is 4.90 Å². The van der Waals surface area contributed by atoms with Gasteiger partial charge in [0.2, 0.25) is 11.8 Å². The summed E-state index contributed by atoms with van der Waals surface area (Å²) < 4.78 is 77.0. The maximum atomic E-state index is 12.8. The maximum absolute atomic E-state index is 12.8. The van der Waals surface area contributed by atoms with Crippen LogP contribution in [-0.4, -0.2) is 29.3 Å². The number of hydrogen-bond acceptors (Lipinski definition) is 2. The van der Waals surface area contributed by atoms with Gasteiger partial charge in [0.1, 0.15) is 0 Å². The monoisotopic (exact) mass is 380 g/mol. The molecular weight excluding hydrogens is 366 g/mol. The lowest BCUT2D eigenvalue weighted by Crippen LogP contribution is -2.30. The lowest BCUT2D eigenvalue weighted by atomic mass is 10.1. The normalized spacial score (nSPS) is 21.2. The Labute approximate surface area is 144 Å². The molecular formula is C16H14F6N2O2. The number of nitrogens with zero attached hydrogens (tertiary/aromatic N) is 1. The van der Waals surface area contributed by atoms with E-state index >= 15 is 0 Å². The number of rotatable bonds is 3. The van der Waals surface area contributed by atoms with E-state index in [2.05, 4.69) is 5.32 Å². The standard InChI is InChI=1S/C16H14F6N2O2/c17-15(18,19)9-4-10(16(20,21)22)6-11(5-9)23-14(26)8-3-13(25)24(7-8)12-1-2-12/h4-6,8,12H,1-3,7H2,(H,23,26)/t8-/m1/s1. The van der Waals surface area contributed by atoms with Crippen LogP contribution in [0.3, 0.4) is 0 Å². The quantitative estimate of drug-likeness (QED) is 0.814. The summed E-state index contributed by atoms with van der Waals surface area (Å²) in [6.07, 6.45) is -8.42. The number of nitrogens with one attached hydrogen (secondary N) is 1. The molecule has 0 spiro atoms. The highest BCUT2D eigenvalue weighted by Crippen LogP contribution is 2.38. The van der Waals surface area contributed by atoms with Gasteiger partial charge < -0.3 is 10.2 Å². The van der Waals surface area contributed by atoms with Crippen molar-refractivity contribution in [2.24, 2.45) is 5.92 Å². The number of anilines is 1. The van der Waals surface area contributed by atoms with Gasteiger partial charge in [0.15, 0.2) is 0 Å². The number of alkyl halides is 6. The molecule has 4 nitrogen and oxygen atoms in total. The molecule has 10 heteroatoms. The molecule has 26 heavy (non-hydrogen) atoms. The van der Waals surface area contributed by atoms with Crippen LogP contribution in [0.5, 0.6) is 0 Å². The molecule has 1 saturated heterocycles. The smallest absolute Gasteiger partial charge is 0.339 e. The zero-order chi connectivity index (χ0) is 19.3. The number of carbonyl (C=O) groups excluding carboxylic acids is 2. The predicted molar refractivity (Wildman–Crippen MR) is 77.9 cm³/mol. The van der Waals surface area contributed by atoms with Gasteiger partial charge in [0, 0.05) is 24.7 Å². The second kappa shape index (κ2) is 6.17. The zero-order valence-electron chi connectivity index (χ0n) is 13.2. The van der Waals surface area contributed by atoms with Crippen molar-refractivity contribution < 1.29 is 35.9 Å². The van der Waals surface area contributed by atoms with Gasteiger partial charge in [0.25, 0.3) is 0 Å². The van der Waals surface area contributed by atoms with Gasteiger partial charge in [-0.2, -0.15) is 26.3 Å². The second-order valence-corrected chi connectivity index (χ2v) is 6.46. The van der Waals surface area contributed by atoms with Gasteiger partial charge in [-0.25, -0.2) is 0 Å². The van der Waals surface area contributed by atoms with Crippen LogP contribution in [-0.2, 0) is 21.9 Å². The summed E-state index contributed by atoms with van der Waals surface area (Å²) in [5, 5.41) is 2.09. The molecule has 1 aliphatic carbocycles. The Balaban J connectivity index is 1.80. The highest BCUT2D eigenvalue weighted by atomic mass is 19.4. The summed E-state index contributed by atoms with van der Waals surface area (Å²) in [5.74, 6) is -1.80. The van der Waals surface area contributed by atoms with Crippen LogP contribution in [0.15, 0.2) is 18.2 Å². The minimum absolute atomic E-state index is 0.0103. The molecule has 1 aliphatic heterocycles. The summed E-state index contributed by atoms with van der Waals surface area (Å²) in [5.41, 5.74) is -3.62. The molecule has 1 aromatic rings. The third-order valence-corrected chi connectivity index (χ3v) is 4.37.